The number of anilines is 3. The Morgan fingerprint density at radius 1 is 1.10 bits per heavy atom. The number of halogens is 2. The van der Waals surface area contributed by atoms with E-state index in [0.717, 1.165) is 65.0 Å². The van der Waals surface area contributed by atoms with Crippen LogP contribution in [0.1, 0.15) is 60.3 Å². The highest BCUT2D eigenvalue weighted by Gasteiger charge is 2.24. The zero-order chi connectivity index (χ0) is 30.1. The first kappa shape index (κ1) is 35.9. The standard InChI is InChI=1S/C29H48ClN7O.CH3Cl/c1-8-16-36(20-23(6)15-12-14-22(5)9-2)17-13-18-37(11-4)24(10-3)21-35(7)29-26(30)33-27-28(34-29)32-25(38)19-31-27;1-2/h9,14-15,24H,2,8,10-13,16-21H2,1,3-7H3,(H,31,33)(H,32,34,38);1H3/b22-14-,23-15+;. The van der Waals surface area contributed by atoms with E-state index in [1.807, 2.05) is 18.0 Å². The van der Waals surface area contributed by atoms with Gasteiger partial charge in [-0.05, 0) is 65.7 Å². The molecule has 0 bridgehead atoms. The summed E-state index contributed by atoms with van der Waals surface area (Å²) in [6.07, 6.45) is 12.2. The highest BCUT2D eigenvalue weighted by atomic mass is 35.5. The number of amides is 1. The van der Waals surface area contributed by atoms with Crippen molar-refractivity contribution < 1.29 is 4.79 Å². The van der Waals surface area contributed by atoms with Crippen LogP contribution in [0, 0.1) is 0 Å². The molecule has 2 N–H and O–H groups in total. The Bertz CT molecular complexity index is 983. The number of likely N-dealkylation sites (N-methyl/N-ethyl adjacent to an activating group) is 2. The van der Waals surface area contributed by atoms with Crippen molar-refractivity contribution >= 4 is 46.6 Å². The number of fused-ring (bicyclic) bond motifs is 1. The minimum Gasteiger partial charge on any atom is -0.358 e. The van der Waals surface area contributed by atoms with Crippen LogP contribution in [0.25, 0.3) is 0 Å². The first-order chi connectivity index (χ1) is 19.2. The van der Waals surface area contributed by atoms with Crippen molar-refractivity contribution in [3.05, 3.63) is 41.1 Å². The summed E-state index contributed by atoms with van der Waals surface area (Å²) in [6.45, 7) is 21.0. The molecule has 1 aliphatic heterocycles. The smallest absolute Gasteiger partial charge is 0.244 e. The average Bonchev–Trinajstić information content (AvgIpc) is 2.95. The Morgan fingerprint density at radius 2 is 1.82 bits per heavy atom. The monoisotopic (exact) mass is 595 g/mol. The maximum atomic E-state index is 11.8. The first-order valence-corrected chi connectivity index (χ1v) is 15.5. The number of allylic oxidation sites excluding steroid dienone is 4. The van der Waals surface area contributed by atoms with E-state index in [1.54, 1.807) is 0 Å². The molecule has 0 spiro atoms. The number of alkyl halides is 1. The van der Waals surface area contributed by atoms with Crippen LogP contribution in [0.5, 0.6) is 0 Å². The summed E-state index contributed by atoms with van der Waals surface area (Å²) >= 11 is 11.1. The van der Waals surface area contributed by atoms with Gasteiger partial charge in [-0.1, -0.05) is 68.3 Å². The second kappa shape index (κ2) is 19.9. The third-order valence-electron chi connectivity index (χ3n) is 6.91. The molecule has 1 aromatic rings. The van der Waals surface area contributed by atoms with Crippen molar-refractivity contribution in [2.75, 3.05) is 74.8 Å². The number of nitrogens with one attached hydrogen (secondary N) is 2. The summed E-state index contributed by atoms with van der Waals surface area (Å²) < 4.78 is 0. The van der Waals surface area contributed by atoms with Gasteiger partial charge in [0.25, 0.3) is 0 Å². The molecule has 1 amide bonds. The van der Waals surface area contributed by atoms with Crippen molar-refractivity contribution in [2.24, 2.45) is 0 Å². The Kier molecular flexibility index (Phi) is 17.8. The predicted molar refractivity (Wildman–Crippen MR) is 174 cm³/mol. The zero-order valence-corrected chi connectivity index (χ0v) is 27.2. The van der Waals surface area contributed by atoms with Gasteiger partial charge < -0.3 is 15.5 Å². The summed E-state index contributed by atoms with van der Waals surface area (Å²) in [7, 11) is 1.99. The fourth-order valence-corrected chi connectivity index (χ4v) is 5.01. The summed E-state index contributed by atoms with van der Waals surface area (Å²) in [5.41, 5.74) is 2.64. The van der Waals surface area contributed by atoms with Gasteiger partial charge >= 0.3 is 0 Å². The van der Waals surface area contributed by atoms with Crippen molar-refractivity contribution in [2.45, 2.75) is 66.3 Å². The van der Waals surface area contributed by atoms with Crippen LogP contribution in [-0.4, -0.2) is 91.0 Å². The SMILES string of the molecule is C=C/C(C)=C\C/C=C(\C)CN(CCC)CCCN(CC)C(CC)CN(C)c1nc2c(nc1Cl)NCC(=O)N2.CCl. The third kappa shape index (κ3) is 12.2. The number of carbonyl (C=O) groups excluding carboxylic acids is 1. The van der Waals surface area contributed by atoms with Gasteiger partial charge in [0.05, 0.1) is 6.54 Å². The molecule has 0 saturated heterocycles. The second-order valence-electron chi connectivity index (χ2n) is 10.1. The summed E-state index contributed by atoms with van der Waals surface area (Å²) in [5, 5.41) is 6.07. The normalized spacial score (nSPS) is 14.2. The van der Waals surface area contributed by atoms with Crippen molar-refractivity contribution in [1.29, 1.82) is 0 Å². The van der Waals surface area contributed by atoms with Gasteiger partial charge in [0.15, 0.2) is 22.6 Å². The molecule has 0 radical (unpaired) electrons. The molecule has 8 nitrogen and oxygen atoms in total. The minimum absolute atomic E-state index is 0.131. The van der Waals surface area contributed by atoms with Gasteiger partial charge in [-0.3, -0.25) is 14.6 Å². The number of nitrogens with zero attached hydrogens (tertiary/aromatic N) is 5. The van der Waals surface area contributed by atoms with Crippen LogP contribution in [0.3, 0.4) is 0 Å². The molecule has 1 aliphatic rings. The molecule has 226 valence electrons. The number of hydrogen-bond donors (Lipinski definition) is 2. The lowest BCUT2D eigenvalue weighted by atomic mass is 10.1. The Balaban J connectivity index is 0.00000391. The van der Waals surface area contributed by atoms with Crippen LogP contribution in [0.4, 0.5) is 17.5 Å². The Labute approximate surface area is 252 Å². The third-order valence-corrected chi connectivity index (χ3v) is 7.16. The Morgan fingerprint density at radius 3 is 2.45 bits per heavy atom. The molecule has 2 heterocycles. The van der Waals surface area contributed by atoms with Crippen LogP contribution in [0.2, 0.25) is 5.15 Å². The highest BCUT2D eigenvalue weighted by molar-refractivity contribution is 6.32. The first-order valence-electron chi connectivity index (χ1n) is 14.3. The summed E-state index contributed by atoms with van der Waals surface area (Å²) in [5.74, 6) is 1.39. The number of aromatic nitrogens is 2. The second-order valence-corrected chi connectivity index (χ2v) is 10.4. The number of rotatable bonds is 17. The van der Waals surface area contributed by atoms with Gasteiger partial charge in [-0.15, -0.1) is 11.6 Å². The van der Waals surface area contributed by atoms with Crippen LogP contribution < -0.4 is 15.5 Å². The average molecular weight is 597 g/mol. The predicted octanol–water partition coefficient (Wildman–Crippen LogP) is 6.46. The van der Waals surface area contributed by atoms with Gasteiger partial charge in [-0.25, -0.2) is 9.97 Å². The molecule has 0 saturated carbocycles. The molecule has 2 rings (SSSR count). The van der Waals surface area contributed by atoms with Gasteiger partial charge in [0, 0.05) is 32.6 Å². The Hall–Kier alpha value is -2.13. The zero-order valence-electron chi connectivity index (χ0n) is 25.7. The largest absolute Gasteiger partial charge is 0.358 e. The van der Waals surface area contributed by atoms with E-state index in [2.05, 4.69) is 95.4 Å². The van der Waals surface area contributed by atoms with Crippen molar-refractivity contribution in [3.63, 3.8) is 0 Å². The van der Waals surface area contributed by atoms with E-state index in [1.165, 1.54) is 17.5 Å². The highest BCUT2D eigenvalue weighted by Crippen LogP contribution is 2.29. The lowest BCUT2D eigenvalue weighted by molar-refractivity contribution is -0.114. The van der Waals surface area contributed by atoms with E-state index in [4.69, 9.17) is 11.6 Å². The summed E-state index contributed by atoms with van der Waals surface area (Å²) in [4.78, 5) is 28.0. The quantitative estimate of drug-likeness (QED) is 0.122. The molecule has 40 heavy (non-hydrogen) atoms. The molecule has 1 unspecified atom stereocenters. The van der Waals surface area contributed by atoms with Gasteiger partial charge in [0.1, 0.15) is 0 Å². The fourth-order valence-electron chi connectivity index (χ4n) is 4.73. The van der Waals surface area contributed by atoms with E-state index in [-0.39, 0.29) is 12.5 Å². The van der Waals surface area contributed by atoms with Crippen LogP contribution in [-0.2, 0) is 4.79 Å². The van der Waals surface area contributed by atoms with Crippen molar-refractivity contribution in [3.8, 4) is 0 Å². The lowest BCUT2D eigenvalue weighted by Gasteiger charge is -2.34. The topological polar surface area (TPSA) is 76.6 Å². The molecule has 1 atom stereocenters. The van der Waals surface area contributed by atoms with E-state index in [9.17, 15) is 4.79 Å². The molecule has 0 aliphatic carbocycles. The molecule has 1 aromatic heterocycles. The maximum Gasteiger partial charge on any atom is 0.244 e. The number of carbonyl (C=O) groups is 1. The molecular formula is C30H51Cl2N7O. The summed E-state index contributed by atoms with van der Waals surface area (Å²) in [6, 6.07) is 0.354. The maximum absolute atomic E-state index is 11.8. The molecular weight excluding hydrogens is 545 g/mol. The fraction of sp³-hybridized carbons (Fsp3) is 0.633. The molecule has 0 aromatic carbocycles. The van der Waals surface area contributed by atoms with Gasteiger partial charge in [0.2, 0.25) is 5.91 Å². The van der Waals surface area contributed by atoms with Gasteiger partial charge in [-0.2, -0.15) is 0 Å². The number of hydrogen-bond acceptors (Lipinski definition) is 7. The molecule has 0 fully saturated rings. The minimum atomic E-state index is -0.131. The van der Waals surface area contributed by atoms with E-state index < -0.39 is 0 Å². The van der Waals surface area contributed by atoms with Crippen molar-refractivity contribution in [1.82, 2.24) is 19.8 Å². The van der Waals surface area contributed by atoms with Crippen LogP contribution in [0.15, 0.2) is 36.0 Å². The van der Waals surface area contributed by atoms with Crippen LogP contribution >= 0.6 is 23.2 Å². The van der Waals surface area contributed by atoms with E-state index in [0.29, 0.717) is 28.6 Å². The lowest BCUT2D eigenvalue weighted by Crippen LogP contribution is -2.44. The molecule has 10 heteroatoms. The van der Waals surface area contributed by atoms with E-state index >= 15 is 0 Å².